The quantitative estimate of drug-likeness (QED) is 0.818. The molecule has 1 atom stereocenters. The van der Waals surface area contributed by atoms with Gasteiger partial charge in [-0.3, -0.25) is 0 Å². The predicted molar refractivity (Wildman–Crippen MR) is 75.7 cm³/mol. The highest BCUT2D eigenvalue weighted by Gasteiger charge is 2.24. The zero-order valence-electron chi connectivity index (χ0n) is 11.0. The average Bonchev–Trinajstić information content (AvgIpc) is 3.05. The molecule has 0 bridgehead atoms. The molecule has 1 saturated heterocycles. The molecule has 5 nitrogen and oxygen atoms in total. The van der Waals surface area contributed by atoms with E-state index in [1.165, 1.54) is 0 Å². The first kappa shape index (κ1) is 14.9. The Bertz CT molecular complexity index is 513. The second kappa shape index (κ2) is 6.32. The first-order chi connectivity index (χ1) is 9.05. The van der Waals surface area contributed by atoms with Gasteiger partial charge < -0.3 is 10.0 Å². The van der Waals surface area contributed by atoms with Gasteiger partial charge in [-0.2, -0.15) is 0 Å². The number of nitrogens with one attached hydrogen (secondary N) is 1. The van der Waals surface area contributed by atoms with E-state index in [0.717, 1.165) is 37.4 Å². The number of aliphatic hydroxyl groups excluding tert-OH is 1. The van der Waals surface area contributed by atoms with Crippen LogP contribution in [0.3, 0.4) is 0 Å². The highest BCUT2D eigenvalue weighted by molar-refractivity contribution is 7.91. The van der Waals surface area contributed by atoms with Gasteiger partial charge in [0.1, 0.15) is 4.21 Å². The van der Waals surface area contributed by atoms with Crippen LogP contribution in [-0.2, 0) is 16.6 Å². The maximum atomic E-state index is 12.1. The Labute approximate surface area is 118 Å². The van der Waals surface area contributed by atoms with Crippen molar-refractivity contribution in [3.63, 3.8) is 0 Å². The minimum absolute atomic E-state index is 0.117. The molecule has 2 heterocycles. The Balaban J connectivity index is 1.91. The molecule has 1 aromatic rings. The summed E-state index contributed by atoms with van der Waals surface area (Å²) in [6, 6.07) is 3.19. The summed E-state index contributed by atoms with van der Waals surface area (Å²) in [6.07, 6.45) is 1.04. The van der Waals surface area contributed by atoms with Crippen LogP contribution in [0.4, 0.5) is 0 Å². The number of sulfonamides is 1. The van der Waals surface area contributed by atoms with E-state index in [4.69, 9.17) is 5.11 Å². The molecule has 108 valence electrons. The fourth-order valence-electron chi connectivity index (χ4n) is 2.25. The number of thiophene rings is 1. The van der Waals surface area contributed by atoms with Gasteiger partial charge in [-0.15, -0.1) is 11.3 Å². The molecule has 1 aliphatic rings. The van der Waals surface area contributed by atoms with Gasteiger partial charge in [-0.05, 0) is 37.6 Å². The van der Waals surface area contributed by atoms with Crippen LogP contribution in [-0.4, -0.2) is 44.6 Å². The molecule has 7 heteroatoms. The number of rotatable bonds is 6. The lowest BCUT2D eigenvalue weighted by Crippen LogP contribution is -2.30. The summed E-state index contributed by atoms with van der Waals surface area (Å²) < 4.78 is 27.1. The Morgan fingerprint density at radius 1 is 1.53 bits per heavy atom. The molecule has 19 heavy (non-hydrogen) atoms. The van der Waals surface area contributed by atoms with Gasteiger partial charge in [0.15, 0.2) is 0 Å². The van der Waals surface area contributed by atoms with Crippen molar-refractivity contribution in [3.05, 3.63) is 17.0 Å². The molecule has 0 radical (unpaired) electrons. The lowest BCUT2D eigenvalue weighted by atomic mass is 10.1. The topological polar surface area (TPSA) is 69.6 Å². The number of nitrogens with zero attached hydrogens (tertiary/aromatic N) is 1. The van der Waals surface area contributed by atoms with Crippen LogP contribution in [0.5, 0.6) is 0 Å². The number of likely N-dealkylation sites (tertiary alicyclic amines) is 1. The average molecular weight is 304 g/mol. The molecular formula is C12H20N2O3S2. The summed E-state index contributed by atoms with van der Waals surface area (Å²) >= 11 is 1.12. The van der Waals surface area contributed by atoms with Crippen LogP contribution in [0.15, 0.2) is 16.3 Å². The third-order valence-electron chi connectivity index (χ3n) is 3.44. The van der Waals surface area contributed by atoms with Crippen molar-refractivity contribution < 1.29 is 13.5 Å². The summed E-state index contributed by atoms with van der Waals surface area (Å²) in [7, 11) is -3.42. The molecule has 1 fully saturated rings. The SMILES string of the molecule is CCN1CCC(CNS(=O)(=O)c2ccc(CO)s2)C1. The highest BCUT2D eigenvalue weighted by Crippen LogP contribution is 2.22. The molecule has 1 unspecified atom stereocenters. The number of hydrogen-bond donors (Lipinski definition) is 2. The summed E-state index contributed by atoms with van der Waals surface area (Å²) in [4.78, 5) is 2.99. The fourth-order valence-corrected chi connectivity index (χ4v) is 4.63. The zero-order chi connectivity index (χ0) is 13.9. The van der Waals surface area contributed by atoms with Crippen LogP contribution in [0.2, 0.25) is 0 Å². The third-order valence-corrected chi connectivity index (χ3v) is 6.42. The van der Waals surface area contributed by atoms with E-state index < -0.39 is 10.0 Å². The van der Waals surface area contributed by atoms with Crippen LogP contribution in [0.1, 0.15) is 18.2 Å². The maximum Gasteiger partial charge on any atom is 0.250 e. The van der Waals surface area contributed by atoms with Crippen LogP contribution >= 0.6 is 11.3 Å². The van der Waals surface area contributed by atoms with Gasteiger partial charge in [0.25, 0.3) is 0 Å². The normalized spacial score (nSPS) is 21.1. The molecular weight excluding hydrogens is 284 g/mol. The van der Waals surface area contributed by atoms with E-state index in [1.54, 1.807) is 12.1 Å². The molecule has 0 amide bonds. The summed E-state index contributed by atoms with van der Waals surface area (Å²) in [5.74, 6) is 0.395. The van der Waals surface area contributed by atoms with Gasteiger partial charge in [0, 0.05) is 18.0 Å². The molecule has 0 spiro atoms. The van der Waals surface area contributed by atoms with Gasteiger partial charge in [-0.1, -0.05) is 6.92 Å². The zero-order valence-corrected chi connectivity index (χ0v) is 12.6. The van der Waals surface area contributed by atoms with E-state index in [2.05, 4.69) is 16.5 Å². The van der Waals surface area contributed by atoms with Gasteiger partial charge >= 0.3 is 0 Å². The van der Waals surface area contributed by atoms with Crippen molar-refractivity contribution in [2.75, 3.05) is 26.2 Å². The Kier molecular flexibility index (Phi) is 4.97. The fraction of sp³-hybridized carbons (Fsp3) is 0.667. The second-order valence-electron chi connectivity index (χ2n) is 4.78. The largest absolute Gasteiger partial charge is 0.391 e. The Morgan fingerprint density at radius 2 is 2.32 bits per heavy atom. The molecule has 0 aliphatic carbocycles. The Morgan fingerprint density at radius 3 is 2.89 bits per heavy atom. The van der Waals surface area contributed by atoms with E-state index in [-0.39, 0.29) is 10.8 Å². The van der Waals surface area contributed by atoms with Gasteiger partial charge in [-0.25, -0.2) is 13.1 Å². The van der Waals surface area contributed by atoms with Crippen LogP contribution in [0.25, 0.3) is 0 Å². The summed E-state index contributed by atoms with van der Waals surface area (Å²) in [5, 5.41) is 8.97. The van der Waals surface area contributed by atoms with E-state index in [1.807, 2.05) is 0 Å². The van der Waals surface area contributed by atoms with Crippen molar-refractivity contribution in [1.29, 1.82) is 0 Å². The minimum Gasteiger partial charge on any atom is -0.391 e. The molecule has 2 rings (SSSR count). The van der Waals surface area contributed by atoms with Crippen molar-refractivity contribution in [3.8, 4) is 0 Å². The van der Waals surface area contributed by atoms with Crippen LogP contribution < -0.4 is 4.72 Å². The molecule has 2 N–H and O–H groups in total. The maximum absolute atomic E-state index is 12.1. The lowest BCUT2D eigenvalue weighted by Gasteiger charge is -2.13. The second-order valence-corrected chi connectivity index (χ2v) is 7.94. The summed E-state index contributed by atoms with van der Waals surface area (Å²) in [5.41, 5.74) is 0. The number of hydrogen-bond acceptors (Lipinski definition) is 5. The lowest BCUT2D eigenvalue weighted by molar-refractivity contribution is 0.285. The monoisotopic (exact) mass is 304 g/mol. The van der Waals surface area contributed by atoms with Crippen molar-refractivity contribution >= 4 is 21.4 Å². The molecule has 0 saturated carbocycles. The van der Waals surface area contributed by atoms with Crippen molar-refractivity contribution in [1.82, 2.24) is 9.62 Å². The highest BCUT2D eigenvalue weighted by atomic mass is 32.2. The van der Waals surface area contributed by atoms with E-state index in [0.29, 0.717) is 17.3 Å². The summed E-state index contributed by atoms with van der Waals surface area (Å²) in [6.45, 7) is 5.53. The van der Waals surface area contributed by atoms with Gasteiger partial charge in [0.05, 0.1) is 6.61 Å². The molecule has 1 aliphatic heterocycles. The third kappa shape index (κ3) is 3.76. The predicted octanol–water partition coefficient (Wildman–Crippen LogP) is 0.860. The molecule has 0 aromatic carbocycles. The number of aliphatic hydroxyl groups is 1. The smallest absolute Gasteiger partial charge is 0.250 e. The first-order valence-corrected chi connectivity index (χ1v) is 8.76. The Hall–Kier alpha value is -0.470. The first-order valence-electron chi connectivity index (χ1n) is 6.46. The van der Waals surface area contributed by atoms with Gasteiger partial charge in [0.2, 0.25) is 10.0 Å². The van der Waals surface area contributed by atoms with E-state index in [9.17, 15) is 8.42 Å². The standard InChI is InChI=1S/C12H20N2O3S2/c1-2-14-6-5-10(8-14)7-13-19(16,17)12-4-3-11(9-15)18-12/h3-4,10,13,15H,2,5-9H2,1H3. The minimum atomic E-state index is -3.42. The van der Waals surface area contributed by atoms with Crippen LogP contribution in [0, 0.1) is 5.92 Å². The molecule has 1 aromatic heterocycles. The van der Waals surface area contributed by atoms with E-state index >= 15 is 0 Å². The van der Waals surface area contributed by atoms with Crippen molar-refractivity contribution in [2.24, 2.45) is 5.92 Å². The van der Waals surface area contributed by atoms with Crippen molar-refractivity contribution in [2.45, 2.75) is 24.2 Å².